The molecule has 0 bridgehead atoms. The molecule has 1 heterocycles. The molecule has 0 aliphatic rings. The van der Waals surface area contributed by atoms with Gasteiger partial charge < -0.3 is 15.4 Å². The molecule has 0 aliphatic carbocycles. The third-order valence-corrected chi connectivity index (χ3v) is 5.03. The molecular formula is C22H24N4O3S. The summed E-state index contributed by atoms with van der Waals surface area (Å²) in [6.45, 7) is 0.991. The van der Waals surface area contributed by atoms with E-state index in [0.717, 1.165) is 11.1 Å². The largest absolute Gasteiger partial charge is 0.423 e. The van der Waals surface area contributed by atoms with Crippen molar-refractivity contribution in [2.75, 3.05) is 43.1 Å². The SMILES string of the molecule is CN(C)CCN(C(=O)OC(=O)Nc1cc(N)ccc1-c1ccsc1)c1ccccc1. The second-order valence-electron chi connectivity index (χ2n) is 6.89. The first-order valence-electron chi connectivity index (χ1n) is 9.36. The van der Waals surface area contributed by atoms with Crippen LogP contribution in [0.15, 0.2) is 65.4 Å². The molecule has 0 saturated heterocycles. The van der Waals surface area contributed by atoms with Gasteiger partial charge >= 0.3 is 12.2 Å². The van der Waals surface area contributed by atoms with Gasteiger partial charge in [0.1, 0.15) is 0 Å². The number of carbonyl (C=O) groups is 2. The highest BCUT2D eigenvalue weighted by Gasteiger charge is 2.21. The highest BCUT2D eigenvalue weighted by molar-refractivity contribution is 7.08. The van der Waals surface area contributed by atoms with Crippen LogP contribution >= 0.6 is 11.3 Å². The lowest BCUT2D eigenvalue weighted by Crippen LogP contribution is -2.38. The van der Waals surface area contributed by atoms with Crippen LogP contribution in [0.2, 0.25) is 0 Å². The van der Waals surface area contributed by atoms with Crippen LogP contribution in [0.4, 0.5) is 26.7 Å². The first kappa shape index (κ1) is 21.4. The van der Waals surface area contributed by atoms with E-state index in [-0.39, 0.29) is 0 Å². The van der Waals surface area contributed by atoms with Gasteiger partial charge in [-0.3, -0.25) is 10.2 Å². The average Bonchev–Trinajstić information content (AvgIpc) is 3.23. The Balaban J connectivity index is 1.74. The molecule has 2 amide bonds. The highest BCUT2D eigenvalue weighted by Crippen LogP contribution is 2.31. The molecule has 0 atom stereocenters. The summed E-state index contributed by atoms with van der Waals surface area (Å²) in [4.78, 5) is 28.6. The quantitative estimate of drug-likeness (QED) is 0.441. The van der Waals surface area contributed by atoms with Crippen molar-refractivity contribution in [2.24, 2.45) is 0 Å². The molecule has 30 heavy (non-hydrogen) atoms. The fourth-order valence-electron chi connectivity index (χ4n) is 2.84. The number of rotatable bonds is 6. The zero-order chi connectivity index (χ0) is 21.5. The van der Waals surface area contributed by atoms with Gasteiger partial charge in [-0.25, -0.2) is 9.59 Å². The Labute approximate surface area is 179 Å². The normalized spacial score (nSPS) is 10.6. The van der Waals surface area contributed by atoms with Crippen LogP contribution < -0.4 is 16.0 Å². The number of hydrogen-bond donors (Lipinski definition) is 2. The van der Waals surface area contributed by atoms with Crippen molar-refractivity contribution in [3.8, 4) is 11.1 Å². The lowest BCUT2D eigenvalue weighted by atomic mass is 10.1. The van der Waals surface area contributed by atoms with Crippen LogP contribution in [0.25, 0.3) is 11.1 Å². The number of nitrogens with zero attached hydrogens (tertiary/aromatic N) is 2. The van der Waals surface area contributed by atoms with Gasteiger partial charge in [0.2, 0.25) is 0 Å². The van der Waals surface area contributed by atoms with E-state index in [0.29, 0.717) is 30.2 Å². The predicted molar refractivity (Wildman–Crippen MR) is 122 cm³/mol. The minimum Gasteiger partial charge on any atom is -0.399 e. The van der Waals surface area contributed by atoms with Crippen molar-refractivity contribution in [2.45, 2.75) is 0 Å². The molecule has 7 nitrogen and oxygen atoms in total. The molecule has 2 aromatic carbocycles. The number of nitrogens with two attached hydrogens (primary N) is 1. The van der Waals surface area contributed by atoms with Crippen LogP contribution in [0.1, 0.15) is 0 Å². The molecule has 0 aliphatic heterocycles. The first-order chi connectivity index (χ1) is 14.4. The number of para-hydroxylation sites is 1. The van der Waals surface area contributed by atoms with Crippen LogP contribution in [-0.2, 0) is 4.74 Å². The van der Waals surface area contributed by atoms with Crippen molar-refractivity contribution in [1.82, 2.24) is 4.90 Å². The fourth-order valence-corrected chi connectivity index (χ4v) is 3.49. The van der Waals surface area contributed by atoms with Gasteiger partial charge in [-0.1, -0.05) is 24.3 Å². The predicted octanol–water partition coefficient (Wildman–Crippen LogP) is 4.73. The lowest BCUT2D eigenvalue weighted by Gasteiger charge is -2.23. The minimum absolute atomic E-state index is 0.377. The Morgan fingerprint density at radius 3 is 2.50 bits per heavy atom. The van der Waals surface area contributed by atoms with Gasteiger partial charge in [0.25, 0.3) is 0 Å². The van der Waals surface area contributed by atoms with Crippen molar-refractivity contribution in [1.29, 1.82) is 0 Å². The van der Waals surface area contributed by atoms with Crippen LogP contribution in [0.5, 0.6) is 0 Å². The Morgan fingerprint density at radius 2 is 1.83 bits per heavy atom. The lowest BCUT2D eigenvalue weighted by molar-refractivity contribution is 0.164. The highest BCUT2D eigenvalue weighted by atomic mass is 32.1. The number of likely N-dealkylation sites (N-methyl/N-ethyl adjacent to an activating group) is 1. The molecule has 3 N–H and O–H groups in total. The van der Waals surface area contributed by atoms with Crippen LogP contribution in [-0.4, -0.2) is 44.3 Å². The summed E-state index contributed by atoms with van der Waals surface area (Å²) in [5.41, 5.74) is 9.24. The van der Waals surface area contributed by atoms with E-state index >= 15 is 0 Å². The summed E-state index contributed by atoms with van der Waals surface area (Å²) >= 11 is 1.55. The maximum atomic E-state index is 12.7. The summed E-state index contributed by atoms with van der Waals surface area (Å²) in [6.07, 6.45) is -1.62. The molecule has 156 valence electrons. The van der Waals surface area contributed by atoms with Gasteiger partial charge in [0.15, 0.2) is 0 Å². The Hall–Kier alpha value is -3.36. The van der Waals surface area contributed by atoms with E-state index in [2.05, 4.69) is 5.32 Å². The van der Waals surface area contributed by atoms with E-state index in [4.69, 9.17) is 10.5 Å². The number of amides is 2. The van der Waals surface area contributed by atoms with E-state index in [1.54, 1.807) is 35.6 Å². The van der Waals surface area contributed by atoms with Crippen molar-refractivity contribution in [3.05, 3.63) is 65.4 Å². The second-order valence-corrected chi connectivity index (χ2v) is 7.67. The van der Waals surface area contributed by atoms with E-state index in [1.165, 1.54) is 4.90 Å². The fraction of sp³-hybridized carbons (Fsp3) is 0.182. The number of anilines is 3. The number of thiophene rings is 1. The third kappa shape index (κ3) is 5.59. The number of carbonyl (C=O) groups excluding carboxylic acids is 2. The molecule has 0 spiro atoms. The molecule has 0 unspecified atom stereocenters. The molecular weight excluding hydrogens is 400 g/mol. The maximum Gasteiger partial charge on any atom is 0.423 e. The van der Waals surface area contributed by atoms with Gasteiger partial charge in [0.05, 0.1) is 5.69 Å². The Bertz CT molecular complexity index is 991. The summed E-state index contributed by atoms with van der Waals surface area (Å²) < 4.78 is 5.10. The standard InChI is InChI=1S/C22H24N4O3S/c1-25(2)11-12-26(18-6-4-3-5-7-18)22(28)29-21(27)24-20-14-17(23)8-9-19(20)16-10-13-30-15-16/h3-10,13-15H,11-12,23H2,1-2H3,(H,24,27). The molecule has 0 saturated carbocycles. The van der Waals surface area contributed by atoms with Crippen LogP contribution in [0, 0.1) is 0 Å². The summed E-state index contributed by atoms with van der Waals surface area (Å²) in [5.74, 6) is 0. The number of nitrogen functional groups attached to an aromatic ring is 1. The van der Waals surface area contributed by atoms with Crippen LogP contribution in [0.3, 0.4) is 0 Å². The number of hydrogen-bond acceptors (Lipinski definition) is 6. The van der Waals surface area contributed by atoms with Gasteiger partial charge in [-0.15, -0.1) is 0 Å². The number of benzene rings is 2. The summed E-state index contributed by atoms with van der Waals surface area (Å²) in [5, 5.41) is 6.56. The molecule has 3 rings (SSSR count). The maximum absolute atomic E-state index is 12.7. The summed E-state index contributed by atoms with van der Waals surface area (Å²) in [7, 11) is 3.82. The van der Waals surface area contributed by atoms with E-state index in [9.17, 15) is 9.59 Å². The zero-order valence-corrected chi connectivity index (χ0v) is 17.7. The number of nitrogens with one attached hydrogen (secondary N) is 1. The molecule has 0 fully saturated rings. The van der Waals surface area contributed by atoms with Gasteiger partial charge in [-0.2, -0.15) is 11.3 Å². The molecule has 1 aromatic heterocycles. The van der Waals surface area contributed by atoms with Gasteiger partial charge in [-0.05, 0) is 60.8 Å². The van der Waals surface area contributed by atoms with Crippen molar-refractivity contribution < 1.29 is 14.3 Å². The first-order valence-corrected chi connectivity index (χ1v) is 10.3. The van der Waals surface area contributed by atoms with E-state index in [1.807, 2.05) is 60.1 Å². The topological polar surface area (TPSA) is 87.9 Å². The van der Waals surface area contributed by atoms with Crippen molar-refractivity contribution in [3.63, 3.8) is 0 Å². The molecule has 3 aromatic rings. The van der Waals surface area contributed by atoms with Crippen molar-refractivity contribution >= 4 is 40.6 Å². The monoisotopic (exact) mass is 424 g/mol. The smallest absolute Gasteiger partial charge is 0.399 e. The Kier molecular flexibility index (Phi) is 7.05. The zero-order valence-electron chi connectivity index (χ0n) is 16.9. The average molecular weight is 425 g/mol. The molecule has 0 radical (unpaired) electrons. The third-order valence-electron chi connectivity index (χ3n) is 4.35. The molecule has 8 heteroatoms. The minimum atomic E-state index is -0.868. The number of ether oxygens (including phenoxy) is 1. The second kappa shape index (κ2) is 9.91. The Morgan fingerprint density at radius 1 is 1.07 bits per heavy atom. The van der Waals surface area contributed by atoms with E-state index < -0.39 is 12.2 Å². The summed E-state index contributed by atoms with van der Waals surface area (Å²) in [6, 6.07) is 16.3. The van der Waals surface area contributed by atoms with Gasteiger partial charge in [0, 0.05) is 30.0 Å².